The quantitative estimate of drug-likeness (QED) is 0.666. The lowest BCUT2D eigenvalue weighted by Crippen LogP contribution is -2.13. The summed E-state index contributed by atoms with van der Waals surface area (Å²) in [6, 6.07) is 9.53. The third-order valence-electron chi connectivity index (χ3n) is 1.29. The Kier molecular flexibility index (Phi) is 3.57. The van der Waals surface area contributed by atoms with Crippen LogP contribution in [0.5, 0.6) is 0 Å². The fourth-order valence-corrected chi connectivity index (χ4v) is 0.752. The molecule has 0 spiro atoms. The summed E-state index contributed by atoms with van der Waals surface area (Å²) in [5.41, 5.74) is 3.60. The Labute approximate surface area is 71.9 Å². The molecule has 0 saturated heterocycles. The monoisotopic (exact) mass is 167 g/mol. The minimum atomic E-state index is -0.443. The normalized spacial score (nSPS) is 12.5. The largest absolute Gasteiger partial charge is 0.391 e. The summed E-state index contributed by atoms with van der Waals surface area (Å²) in [4.78, 5) is 4.98. The van der Waals surface area contributed by atoms with E-state index in [1.807, 2.05) is 30.3 Å². The minimum Gasteiger partial charge on any atom is -0.391 e. The van der Waals surface area contributed by atoms with Crippen molar-refractivity contribution in [1.29, 1.82) is 0 Å². The van der Waals surface area contributed by atoms with Gasteiger partial charge in [0.2, 0.25) is 0 Å². The summed E-state index contributed by atoms with van der Waals surface area (Å²) >= 11 is 0. The highest BCUT2D eigenvalue weighted by molar-refractivity contribution is 5.39. The number of aliphatic hydroxyl groups excluding tert-OH is 1. The molecule has 12 heavy (non-hydrogen) atoms. The average molecular weight is 167 g/mol. The Morgan fingerprint density at radius 2 is 2.08 bits per heavy atom. The van der Waals surface area contributed by atoms with Crippen molar-refractivity contribution in [2.45, 2.75) is 13.0 Å². The van der Waals surface area contributed by atoms with Crippen LogP contribution in [-0.2, 0) is 4.84 Å². The van der Waals surface area contributed by atoms with Crippen LogP contribution in [0, 0.1) is 0 Å². The number of hydrogen-bond acceptors (Lipinski definition) is 3. The van der Waals surface area contributed by atoms with Gasteiger partial charge in [0, 0.05) is 0 Å². The summed E-state index contributed by atoms with van der Waals surface area (Å²) in [6.07, 6.45) is -0.443. The summed E-state index contributed by atoms with van der Waals surface area (Å²) in [5, 5.41) is 8.87. The zero-order valence-corrected chi connectivity index (χ0v) is 7.03. The van der Waals surface area contributed by atoms with Crippen LogP contribution < -0.4 is 5.48 Å². The lowest BCUT2D eigenvalue weighted by Gasteiger charge is -2.07. The summed E-state index contributed by atoms with van der Waals surface area (Å²) in [5.74, 6) is 0. The summed E-state index contributed by atoms with van der Waals surface area (Å²) in [7, 11) is 0. The summed E-state index contributed by atoms with van der Waals surface area (Å²) < 4.78 is 0. The Morgan fingerprint density at radius 1 is 1.42 bits per heavy atom. The van der Waals surface area contributed by atoms with Gasteiger partial charge >= 0.3 is 0 Å². The van der Waals surface area contributed by atoms with Crippen LogP contribution in [0.15, 0.2) is 30.3 Å². The number of rotatable bonds is 4. The van der Waals surface area contributed by atoms with Crippen LogP contribution in [0.4, 0.5) is 5.69 Å². The molecule has 0 aliphatic rings. The van der Waals surface area contributed by atoms with Crippen LogP contribution in [-0.4, -0.2) is 17.8 Å². The zero-order chi connectivity index (χ0) is 8.81. The lowest BCUT2D eigenvalue weighted by molar-refractivity contribution is 0.0749. The Hall–Kier alpha value is -1.06. The first-order valence-corrected chi connectivity index (χ1v) is 3.90. The van der Waals surface area contributed by atoms with Crippen LogP contribution in [0.1, 0.15) is 6.92 Å². The van der Waals surface area contributed by atoms with E-state index in [4.69, 9.17) is 9.94 Å². The molecule has 1 aromatic rings. The first kappa shape index (κ1) is 9.03. The van der Waals surface area contributed by atoms with E-state index in [1.54, 1.807) is 6.92 Å². The number of nitrogens with one attached hydrogen (secondary N) is 1. The Balaban J connectivity index is 2.25. The SMILES string of the molecule is CC(O)CONc1ccccc1. The molecule has 1 atom stereocenters. The lowest BCUT2D eigenvalue weighted by atomic mass is 10.3. The van der Waals surface area contributed by atoms with Crippen molar-refractivity contribution < 1.29 is 9.94 Å². The number of aliphatic hydroxyl groups is 1. The highest BCUT2D eigenvalue weighted by Crippen LogP contribution is 2.04. The van der Waals surface area contributed by atoms with Gasteiger partial charge < -0.3 is 5.11 Å². The molecule has 0 aliphatic heterocycles. The van der Waals surface area contributed by atoms with Crippen molar-refractivity contribution >= 4 is 5.69 Å². The minimum absolute atomic E-state index is 0.287. The van der Waals surface area contributed by atoms with Crippen molar-refractivity contribution in [3.63, 3.8) is 0 Å². The van der Waals surface area contributed by atoms with Gasteiger partial charge in [-0.2, -0.15) is 0 Å². The molecule has 3 nitrogen and oxygen atoms in total. The molecule has 0 radical (unpaired) electrons. The van der Waals surface area contributed by atoms with Crippen molar-refractivity contribution in [1.82, 2.24) is 0 Å². The molecule has 1 aromatic carbocycles. The standard InChI is InChI=1S/C9H13NO2/c1-8(11)7-12-10-9-5-3-2-4-6-9/h2-6,8,10-11H,7H2,1H3. The highest BCUT2D eigenvalue weighted by Gasteiger charge is 1.94. The van der Waals surface area contributed by atoms with E-state index in [0.29, 0.717) is 0 Å². The summed E-state index contributed by atoms with van der Waals surface area (Å²) in [6.45, 7) is 1.96. The fourth-order valence-electron chi connectivity index (χ4n) is 0.752. The topological polar surface area (TPSA) is 41.5 Å². The molecule has 0 aliphatic carbocycles. The van der Waals surface area contributed by atoms with Gasteiger partial charge in [-0.05, 0) is 19.1 Å². The molecule has 0 heterocycles. The maximum atomic E-state index is 8.87. The molecule has 2 N–H and O–H groups in total. The zero-order valence-electron chi connectivity index (χ0n) is 7.03. The molecule has 0 bridgehead atoms. The van der Waals surface area contributed by atoms with Gasteiger partial charge in [0.25, 0.3) is 0 Å². The predicted molar refractivity (Wildman–Crippen MR) is 47.7 cm³/mol. The van der Waals surface area contributed by atoms with E-state index in [0.717, 1.165) is 5.69 Å². The molecule has 1 rings (SSSR count). The van der Waals surface area contributed by atoms with E-state index in [1.165, 1.54) is 0 Å². The molecule has 3 heteroatoms. The molecular formula is C9H13NO2. The van der Waals surface area contributed by atoms with Gasteiger partial charge in [0.1, 0.15) is 6.61 Å². The molecule has 0 saturated carbocycles. The Bertz CT molecular complexity index is 211. The van der Waals surface area contributed by atoms with E-state index in [2.05, 4.69) is 5.48 Å². The van der Waals surface area contributed by atoms with Crippen molar-refractivity contribution in [3.8, 4) is 0 Å². The number of para-hydroxylation sites is 1. The van der Waals surface area contributed by atoms with Crippen LogP contribution in [0.3, 0.4) is 0 Å². The molecular weight excluding hydrogens is 154 g/mol. The van der Waals surface area contributed by atoms with Gasteiger partial charge in [-0.15, -0.1) is 0 Å². The molecule has 0 amide bonds. The van der Waals surface area contributed by atoms with Crippen LogP contribution in [0.25, 0.3) is 0 Å². The second-order valence-electron chi connectivity index (χ2n) is 2.63. The second kappa shape index (κ2) is 4.74. The highest BCUT2D eigenvalue weighted by atomic mass is 16.6. The maximum absolute atomic E-state index is 8.87. The van der Waals surface area contributed by atoms with E-state index in [-0.39, 0.29) is 6.61 Å². The van der Waals surface area contributed by atoms with Gasteiger partial charge in [0.05, 0.1) is 11.8 Å². The molecule has 1 unspecified atom stereocenters. The third-order valence-corrected chi connectivity index (χ3v) is 1.29. The average Bonchev–Trinajstić information content (AvgIpc) is 2.05. The predicted octanol–water partition coefficient (Wildman–Crippen LogP) is 1.41. The first-order valence-electron chi connectivity index (χ1n) is 3.90. The van der Waals surface area contributed by atoms with Gasteiger partial charge in [-0.3, -0.25) is 10.3 Å². The van der Waals surface area contributed by atoms with Crippen molar-refractivity contribution in [2.24, 2.45) is 0 Å². The first-order chi connectivity index (χ1) is 5.79. The van der Waals surface area contributed by atoms with Gasteiger partial charge in [0.15, 0.2) is 0 Å². The van der Waals surface area contributed by atoms with E-state index < -0.39 is 6.10 Å². The number of hydrogen-bond donors (Lipinski definition) is 2. The number of anilines is 1. The van der Waals surface area contributed by atoms with E-state index in [9.17, 15) is 0 Å². The van der Waals surface area contributed by atoms with Crippen LogP contribution >= 0.6 is 0 Å². The molecule has 66 valence electrons. The second-order valence-corrected chi connectivity index (χ2v) is 2.63. The fraction of sp³-hybridized carbons (Fsp3) is 0.333. The van der Waals surface area contributed by atoms with E-state index >= 15 is 0 Å². The maximum Gasteiger partial charge on any atom is 0.100 e. The third kappa shape index (κ3) is 3.37. The van der Waals surface area contributed by atoms with Gasteiger partial charge in [-0.1, -0.05) is 18.2 Å². The van der Waals surface area contributed by atoms with Crippen molar-refractivity contribution in [2.75, 3.05) is 12.1 Å². The van der Waals surface area contributed by atoms with Crippen LogP contribution in [0.2, 0.25) is 0 Å². The number of benzene rings is 1. The molecule has 0 fully saturated rings. The smallest absolute Gasteiger partial charge is 0.100 e. The van der Waals surface area contributed by atoms with Gasteiger partial charge in [-0.25, -0.2) is 0 Å². The van der Waals surface area contributed by atoms with Crippen molar-refractivity contribution in [3.05, 3.63) is 30.3 Å². The Morgan fingerprint density at radius 3 is 2.67 bits per heavy atom. The molecule has 0 aromatic heterocycles.